The molecule has 5 heteroatoms. The molecule has 0 radical (unpaired) electrons. The summed E-state index contributed by atoms with van der Waals surface area (Å²) < 4.78 is 11.2. The fourth-order valence-corrected chi connectivity index (χ4v) is 3.12. The van der Waals surface area contributed by atoms with Crippen LogP contribution in [0.1, 0.15) is 40.7 Å². The molecule has 0 aliphatic heterocycles. The number of methoxy groups -OCH3 is 1. The Labute approximate surface area is 171 Å². The van der Waals surface area contributed by atoms with Crippen LogP contribution < -0.4 is 10.1 Å². The summed E-state index contributed by atoms with van der Waals surface area (Å²) in [5.41, 5.74) is 3.83. The van der Waals surface area contributed by atoms with Gasteiger partial charge >= 0.3 is 0 Å². The highest BCUT2D eigenvalue weighted by molar-refractivity contribution is 6.05. The lowest BCUT2D eigenvalue weighted by atomic mass is 10.1. The first-order valence-electron chi connectivity index (χ1n) is 9.73. The number of anilines is 1. The molecule has 150 valence electrons. The van der Waals surface area contributed by atoms with Crippen molar-refractivity contribution >= 4 is 11.6 Å². The number of benzene rings is 2. The Bertz CT molecular complexity index is 985. The third-order valence-electron chi connectivity index (χ3n) is 4.49. The van der Waals surface area contributed by atoms with Crippen LogP contribution >= 0.6 is 0 Å². The molecule has 1 aromatic heterocycles. The minimum atomic E-state index is -0.206. The van der Waals surface area contributed by atoms with E-state index in [0.717, 1.165) is 24.3 Å². The van der Waals surface area contributed by atoms with Gasteiger partial charge in [-0.15, -0.1) is 0 Å². The van der Waals surface area contributed by atoms with Gasteiger partial charge in [-0.2, -0.15) is 0 Å². The van der Waals surface area contributed by atoms with Gasteiger partial charge < -0.3 is 14.8 Å². The molecule has 0 atom stereocenters. The number of ether oxygens (including phenoxy) is 2. The largest absolute Gasteiger partial charge is 0.457 e. The predicted octanol–water partition coefficient (Wildman–Crippen LogP) is 5.53. The van der Waals surface area contributed by atoms with Gasteiger partial charge in [0.05, 0.1) is 23.6 Å². The molecule has 0 bridgehead atoms. The number of nitrogens with zero attached hydrogens (tertiary/aromatic N) is 1. The molecule has 5 nitrogen and oxygen atoms in total. The Morgan fingerprint density at radius 2 is 1.90 bits per heavy atom. The van der Waals surface area contributed by atoms with Crippen LogP contribution in [0.4, 0.5) is 5.69 Å². The minimum Gasteiger partial charge on any atom is -0.457 e. The van der Waals surface area contributed by atoms with E-state index >= 15 is 0 Å². The molecule has 0 saturated carbocycles. The standard InChI is InChI=1S/C24H26N2O3/c1-4-8-18-9-5-6-12-23(18)29-21-11-7-10-19(15-21)26-24(27)22-14-13-20(16-28-3)25-17(22)2/h5-7,9-15H,4,8,16H2,1-3H3,(H,26,27). The molecule has 0 aliphatic rings. The van der Waals surface area contributed by atoms with Crippen LogP contribution in [0, 0.1) is 6.92 Å². The summed E-state index contributed by atoms with van der Waals surface area (Å²) in [6.45, 7) is 4.38. The van der Waals surface area contributed by atoms with E-state index in [0.29, 0.717) is 29.3 Å². The topological polar surface area (TPSA) is 60.5 Å². The van der Waals surface area contributed by atoms with Crippen molar-refractivity contribution in [2.75, 3.05) is 12.4 Å². The van der Waals surface area contributed by atoms with Crippen molar-refractivity contribution in [3.8, 4) is 11.5 Å². The van der Waals surface area contributed by atoms with Crippen LogP contribution in [0.5, 0.6) is 11.5 Å². The zero-order valence-corrected chi connectivity index (χ0v) is 17.1. The maximum absolute atomic E-state index is 12.7. The normalized spacial score (nSPS) is 10.6. The second-order valence-corrected chi connectivity index (χ2v) is 6.81. The lowest BCUT2D eigenvalue weighted by Crippen LogP contribution is -2.14. The summed E-state index contributed by atoms with van der Waals surface area (Å²) in [5.74, 6) is 1.31. The Kier molecular flexibility index (Phi) is 6.98. The molecule has 1 heterocycles. The third-order valence-corrected chi connectivity index (χ3v) is 4.49. The second kappa shape index (κ2) is 9.85. The van der Waals surface area contributed by atoms with Crippen LogP contribution in [0.3, 0.4) is 0 Å². The average Bonchev–Trinajstić information content (AvgIpc) is 2.70. The van der Waals surface area contributed by atoms with Gasteiger partial charge in [0, 0.05) is 18.9 Å². The molecule has 2 aromatic carbocycles. The number of carbonyl (C=O) groups excluding carboxylic acids is 1. The summed E-state index contributed by atoms with van der Waals surface area (Å²) in [7, 11) is 1.62. The van der Waals surface area contributed by atoms with Crippen LogP contribution in [-0.4, -0.2) is 18.0 Å². The number of hydrogen-bond donors (Lipinski definition) is 1. The lowest BCUT2D eigenvalue weighted by Gasteiger charge is -2.12. The van der Waals surface area contributed by atoms with Crippen LogP contribution in [0.2, 0.25) is 0 Å². The highest BCUT2D eigenvalue weighted by Crippen LogP contribution is 2.28. The molecule has 0 spiro atoms. The minimum absolute atomic E-state index is 0.206. The van der Waals surface area contributed by atoms with Crippen LogP contribution in [0.15, 0.2) is 60.7 Å². The summed E-state index contributed by atoms with van der Waals surface area (Å²) in [6.07, 6.45) is 2.00. The maximum Gasteiger partial charge on any atom is 0.257 e. The van der Waals surface area contributed by atoms with Gasteiger partial charge in [-0.3, -0.25) is 9.78 Å². The second-order valence-electron chi connectivity index (χ2n) is 6.81. The monoisotopic (exact) mass is 390 g/mol. The van der Waals surface area contributed by atoms with E-state index in [-0.39, 0.29) is 5.91 Å². The van der Waals surface area contributed by atoms with E-state index in [1.165, 1.54) is 5.56 Å². The molecule has 1 amide bonds. The Morgan fingerprint density at radius 3 is 2.66 bits per heavy atom. The quantitative estimate of drug-likeness (QED) is 0.549. The number of para-hydroxylation sites is 1. The summed E-state index contributed by atoms with van der Waals surface area (Å²) in [4.78, 5) is 17.1. The number of aromatic nitrogens is 1. The van der Waals surface area contributed by atoms with Crippen LogP contribution in [0.25, 0.3) is 0 Å². The number of amides is 1. The van der Waals surface area contributed by atoms with E-state index < -0.39 is 0 Å². The van der Waals surface area contributed by atoms with Crippen molar-refractivity contribution in [1.29, 1.82) is 0 Å². The molecule has 3 rings (SSSR count). The van der Waals surface area contributed by atoms with Crippen molar-refractivity contribution in [1.82, 2.24) is 4.98 Å². The molecule has 0 fully saturated rings. The van der Waals surface area contributed by atoms with Gasteiger partial charge in [0.25, 0.3) is 5.91 Å². The van der Waals surface area contributed by atoms with Crippen molar-refractivity contribution in [3.63, 3.8) is 0 Å². The molecule has 1 N–H and O–H groups in total. The van der Waals surface area contributed by atoms with Gasteiger partial charge in [-0.1, -0.05) is 37.6 Å². The van der Waals surface area contributed by atoms with E-state index in [4.69, 9.17) is 9.47 Å². The molecule has 0 saturated heterocycles. The first-order chi connectivity index (χ1) is 14.1. The van der Waals surface area contributed by atoms with E-state index in [9.17, 15) is 4.79 Å². The number of pyridine rings is 1. The third kappa shape index (κ3) is 5.42. The molecular formula is C24H26N2O3. The summed E-state index contributed by atoms with van der Waals surface area (Å²) in [6, 6.07) is 19.0. The first kappa shape index (κ1) is 20.6. The lowest BCUT2D eigenvalue weighted by molar-refractivity contribution is 0.102. The van der Waals surface area contributed by atoms with E-state index in [1.54, 1.807) is 19.2 Å². The van der Waals surface area contributed by atoms with Crippen molar-refractivity contribution in [2.24, 2.45) is 0 Å². The molecular weight excluding hydrogens is 364 g/mol. The number of carbonyl (C=O) groups is 1. The van der Waals surface area contributed by atoms with Crippen molar-refractivity contribution < 1.29 is 14.3 Å². The van der Waals surface area contributed by atoms with Crippen molar-refractivity contribution in [3.05, 3.63) is 83.2 Å². The fraction of sp³-hybridized carbons (Fsp3) is 0.250. The SMILES string of the molecule is CCCc1ccccc1Oc1cccc(NC(=O)c2ccc(COC)nc2C)c1. The van der Waals surface area contributed by atoms with Crippen molar-refractivity contribution in [2.45, 2.75) is 33.3 Å². The van der Waals surface area contributed by atoms with E-state index in [1.807, 2.05) is 49.4 Å². The summed E-state index contributed by atoms with van der Waals surface area (Å²) in [5, 5.41) is 2.93. The van der Waals surface area contributed by atoms with Gasteiger partial charge in [0.2, 0.25) is 0 Å². The van der Waals surface area contributed by atoms with Gasteiger partial charge in [0.15, 0.2) is 0 Å². The molecule has 29 heavy (non-hydrogen) atoms. The van der Waals surface area contributed by atoms with Gasteiger partial charge in [-0.05, 0) is 49.2 Å². The number of aryl methyl sites for hydroxylation is 2. The zero-order valence-electron chi connectivity index (χ0n) is 17.1. The van der Waals surface area contributed by atoms with E-state index in [2.05, 4.69) is 23.3 Å². The molecule has 0 unspecified atom stereocenters. The first-order valence-corrected chi connectivity index (χ1v) is 9.73. The smallest absolute Gasteiger partial charge is 0.257 e. The van der Waals surface area contributed by atoms with Gasteiger partial charge in [0.1, 0.15) is 11.5 Å². The Balaban J connectivity index is 1.74. The zero-order chi connectivity index (χ0) is 20.6. The molecule has 3 aromatic rings. The maximum atomic E-state index is 12.7. The Morgan fingerprint density at radius 1 is 1.07 bits per heavy atom. The predicted molar refractivity (Wildman–Crippen MR) is 115 cm³/mol. The number of nitrogens with one attached hydrogen (secondary N) is 1. The average molecular weight is 390 g/mol. The summed E-state index contributed by atoms with van der Waals surface area (Å²) >= 11 is 0. The fourth-order valence-electron chi connectivity index (χ4n) is 3.12. The van der Waals surface area contributed by atoms with Gasteiger partial charge in [-0.25, -0.2) is 0 Å². The number of rotatable bonds is 8. The highest BCUT2D eigenvalue weighted by Gasteiger charge is 2.12. The molecule has 0 aliphatic carbocycles. The van der Waals surface area contributed by atoms with Crippen LogP contribution in [-0.2, 0) is 17.8 Å². The Hall–Kier alpha value is -3.18. The highest BCUT2D eigenvalue weighted by atomic mass is 16.5. The number of hydrogen-bond acceptors (Lipinski definition) is 4.